The van der Waals surface area contributed by atoms with Gasteiger partial charge >= 0.3 is 0 Å². The average Bonchev–Trinajstić information content (AvgIpc) is 3.08. The van der Waals surface area contributed by atoms with Gasteiger partial charge < -0.3 is 4.74 Å². The van der Waals surface area contributed by atoms with Crippen molar-refractivity contribution in [1.29, 1.82) is 0 Å². The van der Waals surface area contributed by atoms with Crippen LogP contribution >= 0.6 is 15.9 Å². The fourth-order valence-corrected chi connectivity index (χ4v) is 3.77. The first-order valence-electron chi connectivity index (χ1n) is 8.51. The number of nitrogens with zero attached hydrogens (tertiary/aromatic N) is 2. The van der Waals surface area contributed by atoms with E-state index in [9.17, 15) is 4.79 Å². The molecule has 0 spiro atoms. The van der Waals surface area contributed by atoms with Crippen LogP contribution in [-0.4, -0.2) is 22.3 Å². The van der Waals surface area contributed by atoms with E-state index in [4.69, 9.17) is 9.72 Å². The van der Waals surface area contributed by atoms with Gasteiger partial charge in [0.25, 0.3) is 0 Å². The summed E-state index contributed by atoms with van der Waals surface area (Å²) < 4.78 is 7.92. The number of aromatic nitrogens is 2. The Labute approximate surface area is 165 Å². The third kappa shape index (κ3) is 3.15. The minimum absolute atomic E-state index is 0.0819. The van der Waals surface area contributed by atoms with Crippen LogP contribution < -0.4 is 4.74 Å². The van der Waals surface area contributed by atoms with E-state index in [0.29, 0.717) is 22.7 Å². The van der Waals surface area contributed by atoms with Gasteiger partial charge in [-0.05, 0) is 58.7 Å². The molecule has 0 radical (unpaired) electrons. The Morgan fingerprint density at radius 1 is 1.07 bits per heavy atom. The van der Waals surface area contributed by atoms with E-state index < -0.39 is 0 Å². The molecular weight excluding hydrogens is 404 g/mol. The molecule has 0 N–H and O–H groups in total. The number of carbonyl (C=O) groups excluding carboxylic acids is 1. The number of imidazole rings is 1. The van der Waals surface area contributed by atoms with Gasteiger partial charge in [0.05, 0.1) is 11.6 Å². The first-order chi connectivity index (χ1) is 13.1. The molecule has 2 aromatic heterocycles. The zero-order chi connectivity index (χ0) is 19.0. The molecule has 5 heteroatoms. The van der Waals surface area contributed by atoms with E-state index in [1.54, 1.807) is 31.4 Å². The predicted molar refractivity (Wildman–Crippen MR) is 109 cm³/mol. The first-order valence-corrected chi connectivity index (χ1v) is 9.30. The molecule has 27 heavy (non-hydrogen) atoms. The number of ketones is 1. The summed E-state index contributed by atoms with van der Waals surface area (Å²) in [5.74, 6) is 0.632. The highest BCUT2D eigenvalue weighted by atomic mass is 79.9. The first kappa shape index (κ1) is 17.5. The number of pyridine rings is 1. The summed E-state index contributed by atoms with van der Waals surface area (Å²) in [6.45, 7) is 1.99. The molecule has 0 aliphatic carbocycles. The van der Waals surface area contributed by atoms with Crippen molar-refractivity contribution in [3.05, 3.63) is 88.2 Å². The highest BCUT2D eigenvalue weighted by Gasteiger charge is 2.23. The Bertz CT molecular complexity index is 1130. The van der Waals surface area contributed by atoms with Gasteiger partial charge in [0.1, 0.15) is 17.1 Å². The maximum atomic E-state index is 13.4. The number of aryl methyl sites for hydroxylation is 1. The van der Waals surface area contributed by atoms with E-state index >= 15 is 0 Å². The van der Waals surface area contributed by atoms with Gasteiger partial charge in [-0.3, -0.25) is 9.20 Å². The SMILES string of the molecule is COc1ccc(C(=O)c2c(-c3ccccc3)nc3c(Br)cc(C)cn23)cc1. The third-order valence-electron chi connectivity index (χ3n) is 4.43. The average molecular weight is 421 g/mol. The van der Waals surface area contributed by atoms with Crippen LogP contribution in [0.25, 0.3) is 16.9 Å². The van der Waals surface area contributed by atoms with Crippen molar-refractivity contribution in [2.45, 2.75) is 6.92 Å². The van der Waals surface area contributed by atoms with Gasteiger partial charge in [-0.1, -0.05) is 30.3 Å². The number of carbonyl (C=O) groups is 1. The molecule has 0 aliphatic rings. The summed E-state index contributed by atoms with van der Waals surface area (Å²) >= 11 is 3.58. The normalized spacial score (nSPS) is 10.9. The smallest absolute Gasteiger partial charge is 0.212 e. The molecule has 4 aromatic rings. The molecule has 2 heterocycles. The fraction of sp³-hybridized carbons (Fsp3) is 0.0909. The van der Waals surface area contributed by atoms with Gasteiger partial charge in [0.15, 0.2) is 5.65 Å². The van der Waals surface area contributed by atoms with Crippen LogP contribution in [0.3, 0.4) is 0 Å². The highest BCUT2D eigenvalue weighted by Crippen LogP contribution is 2.30. The minimum Gasteiger partial charge on any atom is -0.497 e. The van der Waals surface area contributed by atoms with E-state index in [-0.39, 0.29) is 5.78 Å². The van der Waals surface area contributed by atoms with Gasteiger partial charge in [-0.15, -0.1) is 0 Å². The number of benzene rings is 2. The summed E-state index contributed by atoms with van der Waals surface area (Å²) in [6, 6.07) is 18.9. The molecule has 2 aromatic carbocycles. The van der Waals surface area contributed by atoms with Crippen molar-refractivity contribution >= 4 is 27.4 Å². The number of rotatable bonds is 4. The molecule has 0 saturated carbocycles. The molecule has 0 aliphatic heterocycles. The second-order valence-corrected chi connectivity index (χ2v) is 7.15. The summed E-state index contributed by atoms with van der Waals surface area (Å²) in [4.78, 5) is 18.2. The number of halogens is 1. The lowest BCUT2D eigenvalue weighted by Gasteiger charge is -2.07. The van der Waals surface area contributed by atoms with Crippen LogP contribution in [0.4, 0.5) is 0 Å². The number of fused-ring (bicyclic) bond motifs is 1. The summed E-state index contributed by atoms with van der Waals surface area (Å²) in [5.41, 5.74) is 4.47. The minimum atomic E-state index is -0.0819. The van der Waals surface area contributed by atoms with Crippen LogP contribution in [0.5, 0.6) is 5.75 Å². The number of hydrogen-bond acceptors (Lipinski definition) is 3. The summed E-state index contributed by atoms with van der Waals surface area (Å²) in [7, 11) is 1.61. The monoisotopic (exact) mass is 420 g/mol. The Balaban J connectivity index is 1.97. The van der Waals surface area contributed by atoms with E-state index in [0.717, 1.165) is 21.2 Å². The Hall–Kier alpha value is -2.92. The lowest BCUT2D eigenvalue weighted by Crippen LogP contribution is -2.07. The van der Waals surface area contributed by atoms with Gasteiger partial charge in [-0.2, -0.15) is 0 Å². The summed E-state index contributed by atoms with van der Waals surface area (Å²) in [6.07, 6.45) is 1.94. The molecular formula is C22H17BrN2O2. The van der Waals surface area contributed by atoms with Crippen LogP contribution in [0.1, 0.15) is 21.6 Å². The highest BCUT2D eigenvalue weighted by molar-refractivity contribution is 9.10. The largest absolute Gasteiger partial charge is 0.497 e. The van der Waals surface area contributed by atoms with E-state index in [1.807, 2.05) is 53.9 Å². The quantitative estimate of drug-likeness (QED) is 0.420. The molecule has 0 saturated heterocycles. The second kappa shape index (κ2) is 7.00. The summed E-state index contributed by atoms with van der Waals surface area (Å²) in [5, 5.41) is 0. The Morgan fingerprint density at radius 2 is 1.78 bits per heavy atom. The van der Waals surface area contributed by atoms with Crippen molar-refractivity contribution < 1.29 is 9.53 Å². The van der Waals surface area contributed by atoms with Gasteiger partial charge in [0.2, 0.25) is 5.78 Å². The van der Waals surface area contributed by atoms with Crippen LogP contribution in [0.15, 0.2) is 71.3 Å². The molecule has 4 rings (SSSR count). The molecule has 0 unspecified atom stereocenters. The standard InChI is InChI=1S/C22H17BrN2O2/c1-14-12-18(23)22-24-19(15-6-4-3-5-7-15)20(25(22)13-14)21(26)16-8-10-17(27-2)11-9-16/h3-13H,1-2H3. The zero-order valence-electron chi connectivity index (χ0n) is 14.9. The van der Waals surface area contributed by atoms with Crippen LogP contribution in [-0.2, 0) is 0 Å². The van der Waals surface area contributed by atoms with E-state index in [1.165, 1.54) is 0 Å². The zero-order valence-corrected chi connectivity index (χ0v) is 16.5. The predicted octanol–water partition coefficient (Wildman–Crippen LogP) is 5.31. The van der Waals surface area contributed by atoms with Crippen molar-refractivity contribution in [2.24, 2.45) is 0 Å². The lowest BCUT2D eigenvalue weighted by molar-refractivity contribution is 0.103. The van der Waals surface area contributed by atoms with Gasteiger partial charge in [0, 0.05) is 17.3 Å². The number of methoxy groups -OCH3 is 1. The lowest BCUT2D eigenvalue weighted by atomic mass is 10.0. The number of hydrogen-bond donors (Lipinski definition) is 0. The topological polar surface area (TPSA) is 43.6 Å². The van der Waals surface area contributed by atoms with Gasteiger partial charge in [-0.25, -0.2) is 4.98 Å². The van der Waals surface area contributed by atoms with Crippen LogP contribution in [0.2, 0.25) is 0 Å². The molecule has 4 nitrogen and oxygen atoms in total. The molecule has 0 atom stereocenters. The molecule has 0 fully saturated rings. The van der Waals surface area contributed by atoms with E-state index in [2.05, 4.69) is 15.9 Å². The molecule has 0 amide bonds. The Kier molecular flexibility index (Phi) is 4.54. The number of ether oxygens (including phenoxy) is 1. The van der Waals surface area contributed by atoms with Crippen LogP contribution in [0, 0.1) is 6.92 Å². The van der Waals surface area contributed by atoms with Crippen molar-refractivity contribution in [1.82, 2.24) is 9.38 Å². The van der Waals surface area contributed by atoms with Crippen molar-refractivity contribution in [2.75, 3.05) is 7.11 Å². The molecule has 0 bridgehead atoms. The maximum absolute atomic E-state index is 13.4. The third-order valence-corrected chi connectivity index (χ3v) is 5.01. The Morgan fingerprint density at radius 3 is 2.44 bits per heavy atom. The fourth-order valence-electron chi connectivity index (χ4n) is 3.13. The van der Waals surface area contributed by atoms with Crippen molar-refractivity contribution in [3.8, 4) is 17.0 Å². The maximum Gasteiger partial charge on any atom is 0.212 e. The van der Waals surface area contributed by atoms with Crippen molar-refractivity contribution in [3.63, 3.8) is 0 Å². The molecule has 134 valence electrons. The second-order valence-electron chi connectivity index (χ2n) is 6.29.